The average molecular weight is 341 g/mol. The molecule has 2 aromatic rings. The molecule has 0 heterocycles. The number of aryl methyl sites for hydroxylation is 2. The summed E-state index contributed by atoms with van der Waals surface area (Å²) in [5, 5.41) is 3.10. The topological polar surface area (TPSA) is 47.6 Å². The Hall–Kier alpha value is -2.49. The molecule has 2 aromatic carbocycles. The number of hydrogen-bond acceptors (Lipinski definition) is 3. The molecular weight excluding hydrogens is 314 g/mol. The summed E-state index contributed by atoms with van der Waals surface area (Å²) < 4.78 is 10.9. The highest BCUT2D eigenvalue weighted by atomic mass is 16.5. The number of amides is 1. The van der Waals surface area contributed by atoms with Gasteiger partial charge in [0.25, 0.3) is 5.91 Å². The van der Waals surface area contributed by atoms with Crippen molar-refractivity contribution in [1.82, 2.24) is 5.32 Å². The second-order valence-corrected chi connectivity index (χ2v) is 6.27. The van der Waals surface area contributed by atoms with E-state index in [1.54, 1.807) is 26.2 Å². The second kappa shape index (κ2) is 8.56. The van der Waals surface area contributed by atoms with Crippen molar-refractivity contribution in [2.75, 3.05) is 7.11 Å². The number of rotatable bonds is 7. The number of carbonyl (C=O) groups is 1. The van der Waals surface area contributed by atoms with Crippen molar-refractivity contribution in [2.45, 2.75) is 46.3 Å². The molecule has 0 aliphatic heterocycles. The highest BCUT2D eigenvalue weighted by Gasteiger charge is 2.20. The van der Waals surface area contributed by atoms with Gasteiger partial charge < -0.3 is 14.8 Å². The van der Waals surface area contributed by atoms with Gasteiger partial charge in [0.15, 0.2) is 6.10 Å². The van der Waals surface area contributed by atoms with Crippen LogP contribution in [0.4, 0.5) is 0 Å². The third-order valence-corrected chi connectivity index (χ3v) is 4.27. The number of benzene rings is 2. The van der Waals surface area contributed by atoms with E-state index >= 15 is 0 Å². The number of nitrogens with one attached hydrogen (secondary N) is 1. The lowest BCUT2D eigenvalue weighted by Gasteiger charge is -2.22. The lowest BCUT2D eigenvalue weighted by Crippen LogP contribution is -2.38. The van der Waals surface area contributed by atoms with E-state index in [-0.39, 0.29) is 11.9 Å². The summed E-state index contributed by atoms with van der Waals surface area (Å²) in [6, 6.07) is 13.5. The van der Waals surface area contributed by atoms with Crippen molar-refractivity contribution in [3.05, 3.63) is 59.2 Å². The maximum absolute atomic E-state index is 12.5. The predicted molar refractivity (Wildman–Crippen MR) is 100 cm³/mol. The first-order chi connectivity index (χ1) is 11.9. The summed E-state index contributed by atoms with van der Waals surface area (Å²) in [7, 11) is 1.61. The number of hydrogen-bond donors (Lipinski definition) is 1. The van der Waals surface area contributed by atoms with Crippen LogP contribution in [0.2, 0.25) is 0 Å². The van der Waals surface area contributed by atoms with Gasteiger partial charge in [-0.1, -0.05) is 30.7 Å². The fraction of sp³-hybridized carbons (Fsp3) is 0.381. The molecule has 0 radical (unpaired) electrons. The molecule has 0 spiro atoms. The van der Waals surface area contributed by atoms with Gasteiger partial charge in [0.05, 0.1) is 13.2 Å². The van der Waals surface area contributed by atoms with Crippen LogP contribution in [0, 0.1) is 13.8 Å². The van der Waals surface area contributed by atoms with Gasteiger partial charge in [-0.25, -0.2) is 0 Å². The number of ether oxygens (including phenoxy) is 2. The first kappa shape index (κ1) is 18.8. The molecule has 0 aromatic heterocycles. The van der Waals surface area contributed by atoms with Crippen LogP contribution in [-0.2, 0) is 4.79 Å². The second-order valence-electron chi connectivity index (χ2n) is 6.27. The number of carbonyl (C=O) groups excluding carboxylic acids is 1. The first-order valence-electron chi connectivity index (χ1n) is 8.62. The molecule has 2 rings (SSSR count). The van der Waals surface area contributed by atoms with E-state index in [0.717, 1.165) is 17.7 Å². The van der Waals surface area contributed by atoms with Gasteiger partial charge in [-0.05, 0) is 62.6 Å². The van der Waals surface area contributed by atoms with Crippen LogP contribution in [0.25, 0.3) is 0 Å². The van der Waals surface area contributed by atoms with Gasteiger partial charge in [0.2, 0.25) is 0 Å². The van der Waals surface area contributed by atoms with Crippen LogP contribution in [-0.4, -0.2) is 19.1 Å². The molecule has 2 atom stereocenters. The van der Waals surface area contributed by atoms with E-state index < -0.39 is 6.10 Å². The van der Waals surface area contributed by atoms with Gasteiger partial charge in [0.1, 0.15) is 11.5 Å². The van der Waals surface area contributed by atoms with Gasteiger partial charge in [-0.3, -0.25) is 4.79 Å². The molecule has 0 fully saturated rings. The van der Waals surface area contributed by atoms with Crippen molar-refractivity contribution in [3.8, 4) is 11.5 Å². The third kappa shape index (κ3) is 4.99. The monoisotopic (exact) mass is 341 g/mol. The Morgan fingerprint density at radius 1 is 1.08 bits per heavy atom. The molecule has 0 unspecified atom stereocenters. The summed E-state index contributed by atoms with van der Waals surface area (Å²) >= 11 is 0. The van der Waals surface area contributed by atoms with Crippen LogP contribution < -0.4 is 14.8 Å². The van der Waals surface area contributed by atoms with Crippen molar-refractivity contribution in [2.24, 2.45) is 0 Å². The summed E-state index contributed by atoms with van der Waals surface area (Å²) in [6.07, 6.45) is 0.249. The zero-order valence-electron chi connectivity index (χ0n) is 15.6. The molecule has 0 bridgehead atoms. The summed E-state index contributed by atoms with van der Waals surface area (Å²) in [5.74, 6) is 1.27. The molecular formula is C21H27NO3. The lowest BCUT2D eigenvalue weighted by atomic mass is 9.97. The Morgan fingerprint density at radius 2 is 1.72 bits per heavy atom. The van der Waals surface area contributed by atoms with E-state index in [4.69, 9.17) is 9.47 Å². The van der Waals surface area contributed by atoms with E-state index in [9.17, 15) is 4.79 Å². The Morgan fingerprint density at radius 3 is 2.28 bits per heavy atom. The molecule has 1 N–H and O–H groups in total. The summed E-state index contributed by atoms with van der Waals surface area (Å²) in [5.41, 5.74) is 3.56. The minimum atomic E-state index is -0.576. The van der Waals surface area contributed by atoms with E-state index in [1.165, 1.54) is 11.1 Å². The van der Waals surface area contributed by atoms with Crippen LogP contribution in [0.3, 0.4) is 0 Å². The zero-order chi connectivity index (χ0) is 18.4. The van der Waals surface area contributed by atoms with Crippen molar-refractivity contribution in [3.63, 3.8) is 0 Å². The normalized spacial score (nSPS) is 13.0. The Bertz CT molecular complexity index is 710. The predicted octanol–water partition coefficient (Wildman–Crippen LogP) is 4.35. The molecule has 4 heteroatoms. The Kier molecular flexibility index (Phi) is 6.45. The van der Waals surface area contributed by atoms with Gasteiger partial charge in [-0.15, -0.1) is 0 Å². The Labute approximate surface area is 150 Å². The minimum Gasteiger partial charge on any atom is -0.497 e. The fourth-order valence-electron chi connectivity index (χ4n) is 2.82. The fourth-order valence-corrected chi connectivity index (χ4v) is 2.82. The lowest BCUT2D eigenvalue weighted by molar-refractivity contribution is -0.128. The molecule has 0 aliphatic carbocycles. The molecule has 0 aliphatic rings. The van der Waals surface area contributed by atoms with E-state index in [0.29, 0.717) is 5.75 Å². The third-order valence-electron chi connectivity index (χ3n) is 4.27. The van der Waals surface area contributed by atoms with Gasteiger partial charge in [-0.2, -0.15) is 0 Å². The van der Waals surface area contributed by atoms with Crippen molar-refractivity contribution in [1.29, 1.82) is 0 Å². The highest BCUT2D eigenvalue weighted by molar-refractivity contribution is 5.81. The summed E-state index contributed by atoms with van der Waals surface area (Å²) in [4.78, 5) is 12.5. The molecule has 4 nitrogen and oxygen atoms in total. The van der Waals surface area contributed by atoms with Crippen LogP contribution in [0.15, 0.2) is 42.5 Å². The van der Waals surface area contributed by atoms with E-state index in [1.807, 2.05) is 12.1 Å². The molecule has 134 valence electrons. The van der Waals surface area contributed by atoms with Crippen molar-refractivity contribution < 1.29 is 14.3 Å². The average Bonchev–Trinajstić information content (AvgIpc) is 2.60. The van der Waals surface area contributed by atoms with Crippen molar-refractivity contribution >= 4 is 5.91 Å². The summed E-state index contributed by atoms with van der Waals surface area (Å²) in [6.45, 7) is 7.98. The van der Waals surface area contributed by atoms with Gasteiger partial charge in [0, 0.05) is 0 Å². The quantitative estimate of drug-likeness (QED) is 0.814. The number of methoxy groups -OCH3 is 1. The zero-order valence-corrected chi connectivity index (χ0v) is 15.6. The molecule has 0 saturated carbocycles. The highest BCUT2D eigenvalue weighted by Crippen LogP contribution is 2.22. The molecule has 1 amide bonds. The standard InChI is InChI=1S/C21H27NO3/c1-6-20(19-12-7-14(2)13-15(19)3)22-21(23)16(4)25-18-10-8-17(24-5)9-11-18/h7-13,16,20H,6H2,1-5H3,(H,22,23)/t16-,20+/m1/s1. The smallest absolute Gasteiger partial charge is 0.261 e. The van der Waals surface area contributed by atoms with Crippen LogP contribution in [0.5, 0.6) is 11.5 Å². The minimum absolute atomic E-state index is 0.0185. The Balaban J connectivity index is 2.02. The van der Waals surface area contributed by atoms with E-state index in [2.05, 4.69) is 44.3 Å². The first-order valence-corrected chi connectivity index (χ1v) is 8.62. The van der Waals surface area contributed by atoms with Crippen LogP contribution >= 0.6 is 0 Å². The van der Waals surface area contributed by atoms with Crippen LogP contribution in [0.1, 0.15) is 43.0 Å². The maximum Gasteiger partial charge on any atom is 0.261 e. The van der Waals surface area contributed by atoms with Gasteiger partial charge >= 0.3 is 0 Å². The molecule has 0 saturated heterocycles. The largest absolute Gasteiger partial charge is 0.497 e. The maximum atomic E-state index is 12.5. The SMILES string of the molecule is CC[C@H](NC(=O)[C@@H](C)Oc1ccc(OC)cc1)c1ccc(C)cc1C. The molecule has 25 heavy (non-hydrogen) atoms.